The minimum atomic E-state index is -0.458. The molecular formula is C24H23FN2O3. The number of rotatable bonds is 7. The van der Waals surface area contributed by atoms with Crippen molar-refractivity contribution in [1.29, 1.82) is 0 Å². The Balaban J connectivity index is 1.71. The standard InChI is InChI=1S/C24H23FN2O3/c1-16-8-9-19(13-17(16)2)23(28)27-22(15-21-7-4-12-30-21)24(29)26-11-10-18-5-3-6-20(25)14-18/h3-9,12-15H,10-11H2,1-2H3,(H,26,29)(H,27,28)/b22-15-. The summed E-state index contributed by atoms with van der Waals surface area (Å²) in [5.74, 6) is -0.736. The van der Waals surface area contributed by atoms with Gasteiger partial charge >= 0.3 is 0 Å². The Bertz CT molecular complexity index is 1070. The fourth-order valence-corrected chi connectivity index (χ4v) is 2.86. The molecule has 0 saturated heterocycles. The largest absolute Gasteiger partial charge is 0.465 e. The molecule has 0 atom stereocenters. The van der Waals surface area contributed by atoms with E-state index in [9.17, 15) is 14.0 Å². The average molecular weight is 406 g/mol. The van der Waals surface area contributed by atoms with Crippen LogP contribution in [-0.2, 0) is 11.2 Å². The highest BCUT2D eigenvalue weighted by atomic mass is 19.1. The molecule has 2 aromatic carbocycles. The molecule has 0 saturated carbocycles. The predicted molar refractivity (Wildman–Crippen MR) is 113 cm³/mol. The fourth-order valence-electron chi connectivity index (χ4n) is 2.86. The molecule has 3 rings (SSSR count). The van der Waals surface area contributed by atoms with E-state index in [0.29, 0.717) is 17.7 Å². The van der Waals surface area contributed by atoms with Gasteiger partial charge in [0.15, 0.2) is 0 Å². The van der Waals surface area contributed by atoms with Gasteiger partial charge in [0.2, 0.25) is 0 Å². The first kappa shape index (κ1) is 21.0. The summed E-state index contributed by atoms with van der Waals surface area (Å²) in [7, 11) is 0. The molecule has 0 fully saturated rings. The lowest BCUT2D eigenvalue weighted by Crippen LogP contribution is -2.35. The molecule has 1 heterocycles. The van der Waals surface area contributed by atoms with E-state index in [1.54, 1.807) is 36.4 Å². The lowest BCUT2D eigenvalue weighted by molar-refractivity contribution is -0.117. The van der Waals surface area contributed by atoms with Crippen molar-refractivity contribution >= 4 is 17.9 Å². The first-order valence-electron chi connectivity index (χ1n) is 9.59. The van der Waals surface area contributed by atoms with Gasteiger partial charge in [-0.3, -0.25) is 9.59 Å². The van der Waals surface area contributed by atoms with Crippen LogP contribution in [0.4, 0.5) is 4.39 Å². The number of furan rings is 1. The van der Waals surface area contributed by atoms with Crippen molar-refractivity contribution in [3.8, 4) is 0 Å². The number of halogens is 1. The van der Waals surface area contributed by atoms with E-state index in [0.717, 1.165) is 16.7 Å². The quantitative estimate of drug-likeness (QED) is 0.579. The van der Waals surface area contributed by atoms with Gasteiger partial charge in [-0.15, -0.1) is 0 Å². The van der Waals surface area contributed by atoms with Crippen molar-refractivity contribution in [1.82, 2.24) is 10.6 Å². The highest BCUT2D eigenvalue weighted by Gasteiger charge is 2.15. The first-order valence-corrected chi connectivity index (χ1v) is 9.59. The van der Waals surface area contributed by atoms with Crippen molar-refractivity contribution in [2.24, 2.45) is 0 Å². The van der Waals surface area contributed by atoms with E-state index in [-0.39, 0.29) is 18.1 Å². The van der Waals surface area contributed by atoms with Crippen LogP contribution in [0.15, 0.2) is 71.0 Å². The van der Waals surface area contributed by atoms with E-state index in [1.165, 1.54) is 24.5 Å². The third kappa shape index (κ3) is 5.67. The lowest BCUT2D eigenvalue weighted by atomic mass is 10.1. The van der Waals surface area contributed by atoms with Gasteiger partial charge in [0.1, 0.15) is 17.3 Å². The number of carbonyl (C=O) groups excluding carboxylic acids is 2. The molecular weight excluding hydrogens is 383 g/mol. The summed E-state index contributed by atoms with van der Waals surface area (Å²) >= 11 is 0. The summed E-state index contributed by atoms with van der Waals surface area (Å²) in [6.45, 7) is 4.17. The van der Waals surface area contributed by atoms with Crippen LogP contribution in [0.25, 0.3) is 6.08 Å². The van der Waals surface area contributed by atoms with Gasteiger partial charge < -0.3 is 15.1 Å². The van der Waals surface area contributed by atoms with E-state index >= 15 is 0 Å². The van der Waals surface area contributed by atoms with Crippen LogP contribution in [0.5, 0.6) is 0 Å². The maximum Gasteiger partial charge on any atom is 0.267 e. The van der Waals surface area contributed by atoms with Crippen LogP contribution >= 0.6 is 0 Å². The second kappa shape index (κ2) is 9.69. The molecule has 0 unspecified atom stereocenters. The predicted octanol–water partition coefficient (Wildman–Crippen LogP) is 4.17. The zero-order valence-electron chi connectivity index (χ0n) is 16.9. The number of amides is 2. The van der Waals surface area contributed by atoms with Crippen LogP contribution in [0.3, 0.4) is 0 Å². The molecule has 2 N–H and O–H groups in total. The molecule has 0 spiro atoms. The molecule has 30 heavy (non-hydrogen) atoms. The van der Waals surface area contributed by atoms with Crippen LogP contribution in [0.2, 0.25) is 0 Å². The number of hydrogen-bond acceptors (Lipinski definition) is 3. The van der Waals surface area contributed by atoms with Gasteiger partial charge in [-0.2, -0.15) is 0 Å². The molecule has 1 aromatic heterocycles. The number of benzene rings is 2. The van der Waals surface area contributed by atoms with Crippen LogP contribution in [-0.4, -0.2) is 18.4 Å². The Hall–Kier alpha value is -3.67. The molecule has 2 amide bonds. The van der Waals surface area contributed by atoms with E-state index < -0.39 is 11.8 Å². The lowest BCUT2D eigenvalue weighted by Gasteiger charge is -2.12. The minimum absolute atomic E-state index is 0.0624. The minimum Gasteiger partial charge on any atom is -0.465 e. The van der Waals surface area contributed by atoms with Crippen LogP contribution < -0.4 is 10.6 Å². The molecule has 0 radical (unpaired) electrons. The summed E-state index contributed by atoms with van der Waals surface area (Å²) in [6, 6.07) is 14.9. The number of aryl methyl sites for hydroxylation is 2. The van der Waals surface area contributed by atoms with E-state index in [2.05, 4.69) is 10.6 Å². The van der Waals surface area contributed by atoms with Crippen molar-refractivity contribution in [2.45, 2.75) is 20.3 Å². The molecule has 5 nitrogen and oxygen atoms in total. The molecule has 0 aliphatic rings. The molecule has 6 heteroatoms. The summed E-state index contributed by atoms with van der Waals surface area (Å²) in [5.41, 5.74) is 3.35. The monoisotopic (exact) mass is 406 g/mol. The zero-order chi connectivity index (χ0) is 21.5. The molecule has 0 bridgehead atoms. The summed E-state index contributed by atoms with van der Waals surface area (Å²) in [4.78, 5) is 25.4. The third-order valence-electron chi connectivity index (χ3n) is 4.68. The molecule has 0 aliphatic carbocycles. The highest BCUT2D eigenvalue weighted by Crippen LogP contribution is 2.12. The van der Waals surface area contributed by atoms with Gasteiger partial charge in [0, 0.05) is 18.2 Å². The third-order valence-corrected chi connectivity index (χ3v) is 4.68. The SMILES string of the molecule is Cc1ccc(C(=O)N/C(=C\c2ccco2)C(=O)NCCc2cccc(F)c2)cc1C. The van der Waals surface area contributed by atoms with Crippen molar-refractivity contribution < 1.29 is 18.4 Å². The van der Waals surface area contributed by atoms with E-state index in [1.807, 2.05) is 19.9 Å². The maximum absolute atomic E-state index is 13.3. The molecule has 3 aromatic rings. The van der Waals surface area contributed by atoms with E-state index in [4.69, 9.17) is 4.42 Å². The Morgan fingerprint density at radius 2 is 1.87 bits per heavy atom. The second-order valence-corrected chi connectivity index (χ2v) is 6.96. The average Bonchev–Trinajstić information content (AvgIpc) is 3.22. The van der Waals surface area contributed by atoms with Crippen molar-refractivity contribution in [3.63, 3.8) is 0 Å². The maximum atomic E-state index is 13.3. The number of carbonyl (C=O) groups is 2. The van der Waals surface area contributed by atoms with Gasteiger partial charge in [0.25, 0.3) is 11.8 Å². The fraction of sp³-hybridized carbons (Fsp3) is 0.167. The molecule has 0 aliphatic heterocycles. The number of nitrogens with one attached hydrogen (secondary N) is 2. The smallest absolute Gasteiger partial charge is 0.267 e. The van der Waals surface area contributed by atoms with Crippen LogP contribution in [0.1, 0.15) is 32.8 Å². The Labute approximate surface area is 174 Å². The number of hydrogen-bond donors (Lipinski definition) is 2. The second-order valence-electron chi connectivity index (χ2n) is 6.96. The highest BCUT2D eigenvalue weighted by molar-refractivity contribution is 6.05. The van der Waals surface area contributed by atoms with Gasteiger partial charge in [-0.1, -0.05) is 18.2 Å². The zero-order valence-corrected chi connectivity index (χ0v) is 16.9. The summed E-state index contributed by atoms with van der Waals surface area (Å²) < 4.78 is 18.6. The summed E-state index contributed by atoms with van der Waals surface area (Å²) in [5, 5.41) is 5.42. The van der Waals surface area contributed by atoms with Crippen molar-refractivity contribution in [3.05, 3.63) is 100 Å². The topological polar surface area (TPSA) is 71.3 Å². The van der Waals surface area contributed by atoms with Gasteiger partial charge in [-0.05, 0) is 73.4 Å². The Kier molecular flexibility index (Phi) is 6.80. The normalized spacial score (nSPS) is 11.2. The van der Waals surface area contributed by atoms with Crippen molar-refractivity contribution in [2.75, 3.05) is 6.54 Å². The van der Waals surface area contributed by atoms with Crippen LogP contribution in [0, 0.1) is 19.7 Å². The molecule has 154 valence electrons. The first-order chi connectivity index (χ1) is 14.4. The van der Waals surface area contributed by atoms with Gasteiger partial charge in [0.05, 0.1) is 6.26 Å². The Morgan fingerprint density at radius 3 is 2.57 bits per heavy atom. The van der Waals surface area contributed by atoms with Gasteiger partial charge in [-0.25, -0.2) is 4.39 Å². The Morgan fingerprint density at radius 1 is 1.03 bits per heavy atom. The summed E-state index contributed by atoms with van der Waals surface area (Å²) in [6.07, 6.45) is 3.41.